The minimum absolute atomic E-state index is 0.160. The van der Waals surface area contributed by atoms with Gasteiger partial charge in [-0.3, -0.25) is 24.8 Å². The summed E-state index contributed by atoms with van der Waals surface area (Å²) in [5.74, 6) is -1.50. The first-order valence-corrected chi connectivity index (χ1v) is 16.9. The number of anilines is 1. The average molecular weight is 677 g/mol. The molecule has 0 aliphatic heterocycles. The lowest BCUT2D eigenvalue weighted by atomic mass is 10.0. The zero-order chi connectivity index (χ0) is 35.6. The molecule has 3 atom stereocenters. The van der Waals surface area contributed by atoms with E-state index in [0.29, 0.717) is 74.9 Å². The molecule has 0 unspecified atom stereocenters. The lowest BCUT2D eigenvalue weighted by molar-refractivity contribution is -0.907. The molecule has 14 nitrogen and oxygen atoms in total. The molecule has 0 spiro atoms. The minimum Gasteiger partial charge on any atom is -0.370 e. The second kappa shape index (κ2) is 20.0. The molecular weight excluding hydrogens is 622 g/mol. The number of quaternary nitrogens is 1. The van der Waals surface area contributed by atoms with E-state index >= 15 is 0 Å². The molecule has 14 heteroatoms. The average Bonchev–Trinajstić information content (AvgIpc) is 3.08. The number of benzene rings is 2. The Hall–Kier alpha value is -4.63. The Kier molecular flexibility index (Phi) is 15.9. The summed E-state index contributed by atoms with van der Waals surface area (Å²) in [4.78, 5) is 45.3. The highest BCUT2D eigenvalue weighted by Crippen LogP contribution is 2.17. The van der Waals surface area contributed by atoms with Crippen LogP contribution in [-0.2, 0) is 20.8 Å². The number of pyridine rings is 1. The summed E-state index contributed by atoms with van der Waals surface area (Å²) in [6.07, 6.45) is 4.20. The number of aryl methyl sites for hydroxylation is 1. The zero-order valence-electron chi connectivity index (χ0n) is 28.5. The molecule has 2 aromatic carbocycles. The summed E-state index contributed by atoms with van der Waals surface area (Å²) in [7, 11) is 2.07. The largest absolute Gasteiger partial charge is 0.370 e. The van der Waals surface area contributed by atoms with Crippen LogP contribution in [0.3, 0.4) is 0 Å². The van der Waals surface area contributed by atoms with Crippen LogP contribution in [0.4, 0.5) is 5.69 Å². The van der Waals surface area contributed by atoms with Crippen molar-refractivity contribution >= 4 is 40.3 Å². The van der Waals surface area contributed by atoms with Crippen molar-refractivity contribution in [2.75, 3.05) is 51.6 Å². The van der Waals surface area contributed by atoms with E-state index in [0.717, 1.165) is 29.6 Å². The van der Waals surface area contributed by atoms with Gasteiger partial charge in [-0.05, 0) is 56.2 Å². The standard InChI is InChI=1S/C35H53N11O3/c1-46(21-17-36,22-18-37)20-8-14-30(44-32(47)28(38)12-7-19-41-35(39)40)34(49)45-31(16-15-25-9-3-2-4-10-25)33(48)43-27-23-26-11-5-6-13-29(26)42-24-27/h2-6,9-11,13,23-24,28,30-31H,7-8,12,14-22,36-38H2,1H3,(H6-,39,40,41,43,44,45,47,48,49)/p+1/t28-,30-,31-/m0/s1. The van der Waals surface area contributed by atoms with Crippen LogP contribution in [0.2, 0.25) is 0 Å². The lowest BCUT2D eigenvalue weighted by Gasteiger charge is -2.34. The topological polar surface area (TPSA) is 240 Å². The van der Waals surface area contributed by atoms with E-state index < -0.39 is 35.8 Å². The number of nitrogens with two attached hydrogens (primary N) is 4. The quantitative estimate of drug-likeness (QED) is 0.0330. The van der Waals surface area contributed by atoms with Gasteiger partial charge in [0.05, 0.1) is 50.1 Å². The van der Waals surface area contributed by atoms with Crippen LogP contribution in [-0.4, -0.2) is 97.6 Å². The number of likely N-dealkylation sites (N-methyl/N-ethyl adjacent to an activating group) is 1. The van der Waals surface area contributed by atoms with Crippen LogP contribution in [0.1, 0.15) is 37.7 Å². The number of hydrogen-bond acceptors (Lipinski definition) is 8. The summed E-state index contributed by atoms with van der Waals surface area (Å²) < 4.78 is 0.639. The zero-order valence-corrected chi connectivity index (χ0v) is 28.5. The van der Waals surface area contributed by atoms with Gasteiger partial charge < -0.3 is 48.7 Å². The second-order valence-corrected chi connectivity index (χ2v) is 12.7. The molecule has 0 radical (unpaired) electrons. The number of aromatic nitrogens is 1. The van der Waals surface area contributed by atoms with E-state index in [9.17, 15) is 14.4 Å². The van der Waals surface area contributed by atoms with Crippen LogP contribution in [0, 0.1) is 5.41 Å². The van der Waals surface area contributed by atoms with Crippen molar-refractivity contribution < 1.29 is 18.9 Å². The molecule has 0 saturated carbocycles. The number of hydrogen-bond donors (Lipinski definition) is 9. The van der Waals surface area contributed by atoms with E-state index in [-0.39, 0.29) is 5.96 Å². The van der Waals surface area contributed by atoms with E-state index in [1.165, 1.54) is 0 Å². The predicted octanol–water partition coefficient (Wildman–Crippen LogP) is 0.510. The van der Waals surface area contributed by atoms with Gasteiger partial charge in [0.25, 0.3) is 0 Å². The molecular formula is C35H54N11O3+. The number of nitrogens with one attached hydrogen (secondary N) is 5. The van der Waals surface area contributed by atoms with Crippen LogP contribution >= 0.6 is 0 Å². The third kappa shape index (κ3) is 13.4. The van der Waals surface area contributed by atoms with Crippen LogP contribution in [0.25, 0.3) is 10.9 Å². The van der Waals surface area contributed by atoms with Gasteiger partial charge in [0.15, 0.2) is 5.96 Å². The van der Waals surface area contributed by atoms with Gasteiger partial charge in [0.1, 0.15) is 12.1 Å². The van der Waals surface area contributed by atoms with Crippen molar-refractivity contribution in [1.29, 1.82) is 5.41 Å². The highest BCUT2D eigenvalue weighted by molar-refractivity contribution is 5.99. The van der Waals surface area contributed by atoms with Gasteiger partial charge in [-0.1, -0.05) is 48.5 Å². The molecule has 0 saturated heterocycles. The predicted molar refractivity (Wildman–Crippen MR) is 194 cm³/mol. The summed E-state index contributed by atoms with van der Waals surface area (Å²) in [5, 5.41) is 19.5. The molecule has 1 aromatic heterocycles. The van der Waals surface area contributed by atoms with Crippen LogP contribution in [0.5, 0.6) is 0 Å². The van der Waals surface area contributed by atoms with Crippen molar-refractivity contribution in [2.45, 2.75) is 56.7 Å². The van der Waals surface area contributed by atoms with E-state index in [1.807, 2.05) is 60.7 Å². The first-order valence-electron chi connectivity index (χ1n) is 16.9. The number of nitrogens with zero attached hydrogens (tertiary/aromatic N) is 2. The fraction of sp³-hybridized carbons (Fsp3) is 0.457. The normalized spacial score (nSPS) is 13.2. The van der Waals surface area contributed by atoms with Gasteiger partial charge in [-0.2, -0.15) is 0 Å². The van der Waals surface area contributed by atoms with Gasteiger partial charge in [-0.15, -0.1) is 0 Å². The molecule has 49 heavy (non-hydrogen) atoms. The SMILES string of the molecule is C[N+](CCN)(CCN)CCC[C@H](NC(=O)[C@@H](N)CCCNC(=N)N)C(=O)N[C@@H](CCc1ccccc1)C(=O)Nc1cnc2ccccc2c1. The molecule has 13 N–H and O–H groups in total. The first-order chi connectivity index (χ1) is 23.5. The van der Waals surface area contributed by atoms with Gasteiger partial charge in [0, 0.05) is 25.0 Å². The monoisotopic (exact) mass is 676 g/mol. The van der Waals surface area contributed by atoms with Crippen molar-refractivity contribution in [3.8, 4) is 0 Å². The third-order valence-corrected chi connectivity index (χ3v) is 8.56. The molecule has 0 aliphatic carbocycles. The highest BCUT2D eigenvalue weighted by Gasteiger charge is 2.29. The summed E-state index contributed by atoms with van der Waals surface area (Å²) in [5.41, 5.74) is 25.6. The molecule has 0 bridgehead atoms. The maximum absolute atomic E-state index is 13.9. The van der Waals surface area contributed by atoms with E-state index in [2.05, 4.69) is 33.3 Å². The molecule has 0 aliphatic rings. The van der Waals surface area contributed by atoms with Gasteiger partial charge in [-0.25, -0.2) is 0 Å². The number of amides is 3. The number of carbonyl (C=O) groups excluding carboxylic acids is 3. The van der Waals surface area contributed by atoms with Crippen molar-refractivity contribution in [3.05, 3.63) is 72.4 Å². The van der Waals surface area contributed by atoms with Crippen molar-refractivity contribution in [3.63, 3.8) is 0 Å². The number of rotatable bonds is 21. The lowest BCUT2D eigenvalue weighted by Crippen LogP contribution is -2.56. The Bertz CT molecular complexity index is 1500. The number of carbonyl (C=O) groups is 3. The Morgan fingerprint density at radius 2 is 1.49 bits per heavy atom. The van der Waals surface area contributed by atoms with Gasteiger partial charge in [0.2, 0.25) is 17.7 Å². The van der Waals surface area contributed by atoms with E-state index in [4.69, 9.17) is 28.3 Å². The number of para-hydroxylation sites is 1. The van der Waals surface area contributed by atoms with E-state index in [1.54, 1.807) is 6.20 Å². The number of fused-ring (bicyclic) bond motifs is 1. The maximum Gasteiger partial charge on any atom is 0.247 e. The maximum atomic E-state index is 13.9. The van der Waals surface area contributed by atoms with Crippen LogP contribution in [0.15, 0.2) is 66.9 Å². The smallest absolute Gasteiger partial charge is 0.247 e. The second-order valence-electron chi connectivity index (χ2n) is 12.7. The first kappa shape index (κ1) is 38.8. The Balaban J connectivity index is 1.78. The minimum atomic E-state index is -0.938. The van der Waals surface area contributed by atoms with Gasteiger partial charge >= 0.3 is 0 Å². The molecule has 3 aromatic rings. The summed E-state index contributed by atoms with van der Waals surface area (Å²) in [6.45, 7) is 3.54. The summed E-state index contributed by atoms with van der Waals surface area (Å²) in [6, 6.07) is 16.4. The Labute approximate surface area is 288 Å². The Morgan fingerprint density at radius 1 is 0.837 bits per heavy atom. The fourth-order valence-electron chi connectivity index (χ4n) is 5.73. The molecule has 3 amide bonds. The fourth-order valence-corrected chi connectivity index (χ4v) is 5.73. The highest BCUT2D eigenvalue weighted by atomic mass is 16.2. The summed E-state index contributed by atoms with van der Waals surface area (Å²) >= 11 is 0. The Morgan fingerprint density at radius 3 is 2.18 bits per heavy atom. The van der Waals surface area contributed by atoms with Crippen molar-refractivity contribution in [2.24, 2.45) is 22.9 Å². The third-order valence-electron chi connectivity index (χ3n) is 8.56. The van der Waals surface area contributed by atoms with Crippen LogP contribution < -0.4 is 44.2 Å². The molecule has 1 heterocycles. The van der Waals surface area contributed by atoms with Crippen molar-refractivity contribution in [1.82, 2.24) is 20.9 Å². The molecule has 266 valence electrons. The molecule has 3 rings (SSSR count). The molecule has 0 fully saturated rings. The number of guanidine groups is 1.